The second-order valence-electron chi connectivity index (χ2n) is 7.64. The average molecular weight is 359 g/mol. The fourth-order valence-electron chi connectivity index (χ4n) is 4.43. The Labute approximate surface area is 153 Å². The van der Waals surface area contributed by atoms with Gasteiger partial charge in [0.2, 0.25) is 5.91 Å². The Bertz CT molecular complexity index is 742. The lowest BCUT2D eigenvalue weighted by Crippen LogP contribution is -2.42. The summed E-state index contributed by atoms with van der Waals surface area (Å²) in [5.74, 6) is 1.79. The number of amides is 1. The van der Waals surface area contributed by atoms with Crippen LogP contribution in [-0.2, 0) is 16.0 Å². The van der Waals surface area contributed by atoms with Crippen LogP contribution in [0, 0.1) is 17.8 Å². The Morgan fingerprint density at radius 1 is 1.19 bits per heavy atom. The number of carboxylic acid groups (broad SMARTS) is 1. The van der Waals surface area contributed by atoms with Crippen LogP contribution in [0.1, 0.15) is 42.9 Å². The SMILES string of the molecule is COc1cc2c(cc1OC)C(CC(=O)O)N(C(=O)C1CC1C1CC1)CC2. The van der Waals surface area contributed by atoms with E-state index in [-0.39, 0.29) is 18.2 Å². The number of carbonyl (C=O) groups is 2. The predicted octanol–water partition coefficient (Wildman–Crippen LogP) is 2.65. The van der Waals surface area contributed by atoms with Gasteiger partial charge in [-0.1, -0.05) is 0 Å². The number of nitrogens with zero attached hydrogens (tertiary/aromatic N) is 1. The van der Waals surface area contributed by atoms with E-state index in [4.69, 9.17) is 9.47 Å². The minimum absolute atomic E-state index is 0.0883. The summed E-state index contributed by atoms with van der Waals surface area (Å²) in [7, 11) is 3.15. The molecule has 6 heteroatoms. The zero-order valence-electron chi connectivity index (χ0n) is 15.2. The number of rotatable bonds is 6. The van der Waals surface area contributed by atoms with E-state index in [0.717, 1.165) is 23.5 Å². The first-order valence-corrected chi connectivity index (χ1v) is 9.30. The van der Waals surface area contributed by atoms with Gasteiger partial charge in [-0.25, -0.2) is 0 Å². The summed E-state index contributed by atoms with van der Waals surface area (Å²) in [5, 5.41) is 9.43. The molecular weight excluding hydrogens is 334 g/mol. The first-order chi connectivity index (χ1) is 12.5. The van der Waals surface area contributed by atoms with E-state index in [1.807, 2.05) is 12.1 Å². The number of methoxy groups -OCH3 is 2. The van der Waals surface area contributed by atoms with E-state index in [2.05, 4.69) is 0 Å². The first kappa shape index (κ1) is 17.2. The van der Waals surface area contributed by atoms with E-state index in [0.29, 0.717) is 30.4 Å². The molecule has 0 spiro atoms. The van der Waals surface area contributed by atoms with Crippen molar-refractivity contribution in [3.63, 3.8) is 0 Å². The number of fused-ring (bicyclic) bond motifs is 1. The van der Waals surface area contributed by atoms with Gasteiger partial charge in [0.1, 0.15) is 0 Å². The number of aliphatic carboxylic acids is 1. The third-order valence-corrected chi connectivity index (χ3v) is 6.04. The molecule has 1 N–H and O–H groups in total. The monoisotopic (exact) mass is 359 g/mol. The van der Waals surface area contributed by atoms with Crippen LogP contribution in [0.2, 0.25) is 0 Å². The van der Waals surface area contributed by atoms with Crippen molar-refractivity contribution in [1.29, 1.82) is 0 Å². The van der Waals surface area contributed by atoms with Gasteiger partial charge in [-0.15, -0.1) is 0 Å². The Morgan fingerprint density at radius 2 is 1.88 bits per heavy atom. The first-order valence-electron chi connectivity index (χ1n) is 9.30. The lowest BCUT2D eigenvalue weighted by Gasteiger charge is -2.37. The molecule has 1 aromatic rings. The zero-order valence-corrected chi connectivity index (χ0v) is 15.2. The fraction of sp³-hybridized carbons (Fsp3) is 0.600. The summed E-state index contributed by atoms with van der Waals surface area (Å²) in [5.41, 5.74) is 1.90. The molecule has 2 fully saturated rings. The molecule has 1 aromatic carbocycles. The highest BCUT2D eigenvalue weighted by Gasteiger charge is 2.53. The Balaban J connectivity index is 1.64. The highest BCUT2D eigenvalue weighted by atomic mass is 16.5. The summed E-state index contributed by atoms with van der Waals surface area (Å²) in [4.78, 5) is 26.4. The predicted molar refractivity (Wildman–Crippen MR) is 94.3 cm³/mol. The maximum Gasteiger partial charge on any atom is 0.305 e. The van der Waals surface area contributed by atoms with Crippen LogP contribution in [-0.4, -0.2) is 42.6 Å². The molecule has 1 heterocycles. The summed E-state index contributed by atoms with van der Waals surface area (Å²) in [6, 6.07) is 3.31. The fourth-order valence-corrected chi connectivity index (χ4v) is 4.43. The van der Waals surface area contributed by atoms with Crippen molar-refractivity contribution in [2.75, 3.05) is 20.8 Å². The van der Waals surface area contributed by atoms with Crippen molar-refractivity contribution in [1.82, 2.24) is 4.90 Å². The van der Waals surface area contributed by atoms with Crippen LogP contribution in [0.4, 0.5) is 0 Å². The Kier molecular flexibility index (Phi) is 4.29. The largest absolute Gasteiger partial charge is 0.493 e. The number of carboxylic acids is 1. The molecule has 0 bridgehead atoms. The number of carbonyl (C=O) groups excluding carboxylic acids is 1. The highest BCUT2D eigenvalue weighted by Crippen LogP contribution is 2.55. The molecule has 0 radical (unpaired) electrons. The zero-order chi connectivity index (χ0) is 18.4. The standard InChI is InChI=1S/C20H25NO5/c1-25-17-7-12-5-6-21(20(24)15-8-13(15)11-3-4-11)16(10-19(22)23)14(12)9-18(17)26-2/h7,9,11,13,15-16H,3-6,8,10H2,1-2H3,(H,22,23). The number of hydrogen-bond donors (Lipinski definition) is 1. The number of ether oxygens (including phenoxy) is 2. The van der Waals surface area contributed by atoms with Gasteiger partial charge in [0.15, 0.2) is 11.5 Å². The lowest BCUT2D eigenvalue weighted by molar-refractivity contribution is -0.142. The lowest BCUT2D eigenvalue weighted by atomic mass is 9.89. The molecule has 4 rings (SSSR count). The summed E-state index contributed by atoms with van der Waals surface area (Å²) in [6.07, 6.45) is 4.08. The van der Waals surface area contributed by atoms with Gasteiger partial charge in [-0.3, -0.25) is 9.59 Å². The van der Waals surface area contributed by atoms with Crippen molar-refractivity contribution in [2.24, 2.45) is 17.8 Å². The van der Waals surface area contributed by atoms with Crippen LogP contribution in [0.3, 0.4) is 0 Å². The molecule has 26 heavy (non-hydrogen) atoms. The van der Waals surface area contributed by atoms with Gasteiger partial charge in [0.25, 0.3) is 0 Å². The Morgan fingerprint density at radius 3 is 2.50 bits per heavy atom. The Hall–Kier alpha value is -2.24. The molecule has 0 aromatic heterocycles. The van der Waals surface area contributed by atoms with Crippen LogP contribution >= 0.6 is 0 Å². The van der Waals surface area contributed by atoms with Crippen molar-refractivity contribution < 1.29 is 24.2 Å². The van der Waals surface area contributed by atoms with Gasteiger partial charge >= 0.3 is 5.97 Å². The minimum Gasteiger partial charge on any atom is -0.493 e. The van der Waals surface area contributed by atoms with Crippen molar-refractivity contribution >= 4 is 11.9 Å². The van der Waals surface area contributed by atoms with Gasteiger partial charge in [0.05, 0.1) is 26.7 Å². The van der Waals surface area contributed by atoms with E-state index < -0.39 is 12.0 Å². The van der Waals surface area contributed by atoms with Crippen LogP contribution in [0.15, 0.2) is 12.1 Å². The van der Waals surface area contributed by atoms with Gasteiger partial charge in [0, 0.05) is 12.5 Å². The smallest absolute Gasteiger partial charge is 0.305 e. The molecule has 0 saturated heterocycles. The molecule has 3 aliphatic rings. The van der Waals surface area contributed by atoms with Gasteiger partial charge < -0.3 is 19.5 Å². The van der Waals surface area contributed by atoms with E-state index in [1.165, 1.54) is 12.8 Å². The second kappa shape index (κ2) is 6.49. The molecule has 2 aliphatic carbocycles. The van der Waals surface area contributed by atoms with Crippen LogP contribution < -0.4 is 9.47 Å². The molecule has 140 valence electrons. The maximum absolute atomic E-state index is 13.1. The van der Waals surface area contributed by atoms with Crippen molar-refractivity contribution in [3.8, 4) is 11.5 Å². The molecular formula is C20H25NO5. The molecule has 1 amide bonds. The highest BCUT2D eigenvalue weighted by molar-refractivity contribution is 5.83. The van der Waals surface area contributed by atoms with E-state index >= 15 is 0 Å². The third kappa shape index (κ3) is 3.02. The number of benzene rings is 1. The van der Waals surface area contributed by atoms with Gasteiger partial charge in [-0.05, 0) is 60.8 Å². The van der Waals surface area contributed by atoms with E-state index in [1.54, 1.807) is 19.1 Å². The molecule has 3 unspecified atom stereocenters. The van der Waals surface area contributed by atoms with Crippen LogP contribution in [0.25, 0.3) is 0 Å². The number of hydrogen-bond acceptors (Lipinski definition) is 4. The molecule has 2 saturated carbocycles. The van der Waals surface area contributed by atoms with Crippen LogP contribution in [0.5, 0.6) is 11.5 Å². The van der Waals surface area contributed by atoms with Crippen molar-refractivity contribution in [3.05, 3.63) is 23.3 Å². The summed E-state index contributed by atoms with van der Waals surface area (Å²) < 4.78 is 10.8. The topological polar surface area (TPSA) is 76.1 Å². The average Bonchev–Trinajstić information content (AvgIpc) is 3.51. The van der Waals surface area contributed by atoms with Crippen molar-refractivity contribution in [2.45, 2.75) is 38.1 Å². The van der Waals surface area contributed by atoms with E-state index in [9.17, 15) is 14.7 Å². The normalized spacial score (nSPS) is 26.8. The summed E-state index contributed by atoms with van der Waals surface area (Å²) in [6.45, 7) is 0.563. The quantitative estimate of drug-likeness (QED) is 0.845. The molecule has 6 nitrogen and oxygen atoms in total. The summed E-state index contributed by atoms with van der Waals surface area (Å²) >= 11 is 0. The minimum atomic E-state index is -0.898. The third-order valence-electron chi connectivity index (χ3n) is 6.04. The molecule has 3 atom stereocenters. The second-order valence-corrected chi connectivity index (χ2v) is 7.64. The maximum atomic E-state index is 13.1. The molecule has 1 aliphatic heterocycles. The van der Waals surface area contributed by atoms with Gasteiger partial charge in [-0.2, -0.15) is 0 Å².